The molecule has 1 saturated heterocycles. The van der Waals surface area contributed by atoms with Gasteiger partial charge in [-0.1, -0.05) is 17.4 Å². The number of nitrogens with zero attached hydrogens (tertiary/aromatic N) is 6. The molecule has 4 heterocycles. The van der Waals surface area contributed by atoms with Crippen LogP contribution < -0.4 is 15.5 Å². The third kappa shape index (κ3) is 4.98. The van der Waals surface area contributed by atoms with E-state index in [0.717, 1.165) is 47.7 Å². The second-order valence-electron chi connectivity index (χ2n) is 8.34. The molecule has 36 heavy (non-hydrogen) atoms. The molecule has 0 unspecified atom stereocenters. The molecule has 1 aliphatic rings. The average Bonchev–Trinajstić information content (AvgIpc) is 3.34. The first-order valence-electron chi connectivity index (χ1n) is 12.0. The number of aromatic nitrogens is 4. The fourth-order valence-corrected chi connectivity index (χ4v) is 5.15. The second-order valence-corrected chi connectivity index (χ2v) is 9.35. The number of halogens is 1. The Morgan fingerprint density at radius 3 is 2.64 bits per heavy atom. The summed E-state index contributed by atoms with van der Waals surface area (Å²) in [7, 11) is 0. The van der Waals surface area contributed by atoms with Gasteiger partial charge in [0.1, 0.15) is 11.5 Å². The van der Waals surface area contributed by atoms with E-state index in [0.29, 0.717) is 30.0 Å². The molecule has 0 aliphatic carbocycles. The van der Waals surface area contributed by atoms with Crippen LogP contribution >= 0.6 is 11.3 Å². The van der Waals surface area contributed by atoms with E-state index in [1.165, 1.54) is 6.20 Å². The Bertz CT molecular complexity index is 1370. The smallest absolute Gasteiger partial charge is 0.255 e. The number of thiazole rings is 1. The van der Waals surface area contributed by atoms with Crippen molar-refractivity contribution in [2.75, 3.05) is 49.5 Å². The lowest BCUT2D eigenvalue weighted by Crippen LogP contribution is -2.46. The molecule has 11 heteroatoms. The molecular weight excluding hydrogens is 479 g/mol. The van der Waals surface area contributed by atoms with E-state index in [4.69, 9.17) is 4.98 Å². The standard InChI is InChI=1S/C25H27FN8OS/c1-3-33(4-2)25-30-19-13-16(5-7-20(19)36-25)22-18(26)15-29-24(32-22)31-21-8-6-17(14-28-21)23(35)34-11-9-27-10-12-34/h5-8,13-15,27H,3-4,9-12H2,1-2H3,(H,28,29,31,32). The van der Waals surface area contributed by atoms with Crippen molar-refractivity contribution in [1.82, 2.24) is 30.2 Å². The number of pyridine rings is 1. The second kappa shape index (κ2) is 10.5. The Morgan fingerprint density at radius 1 is 1.11 bits per heavy atom. The van der Waals surface area contributed by atoms with Gasteiger partial charge in [-0.15, -0.1) is 0 Å². The number of benzene rings is 1. The molecule has 0 atom stereocenters. The van der Waals surface area contributed by atoms with E-state index >= 15 is 0 Å². The summed E-state index contributed by atoms with van der Waals surface area (Å²) in [4.78, 5) is 34.2. The van der Waals surface area contributed by atoms with Crippen molar-refractivity contribution in [2.45, 2.75) is 13.8 Å². The van der Waals surface area contributed by atoms with Crippen LogP contribution in [0.3, 0.4) is 0 Å². The third-order valence-corrected chi connectivity index (χ3v) is 7.18. The van der Waals surface area contributed by atoms with Crippen molar-refractivity contribution in [1.29, 1.82) is 0 Å². The number of fused-ring (bicyclic) bond motifs is 1. The zero-order valence-corrected chi connectivity index (χ0v) is 21.0. The molecule has 1 aromatic carbocycles. The monoisotopic (exact) mass is 506 g/mol. The van der Waals surface area contributed by atoms with Gasteiger partial charge in [-0.25, -0.2) is 24.3 Å². The van der Waals surface area contributed by atoms with Crippen molar-refractivity contribution in [3.8, 4) is 11.3 Å². The molecule has 0 saturated carbocycles. The first-order valence-corrected chi connectivity index (χ1v) is 12.8. The normalized spacial score (nSPS) is 13.7. The molecule has 2 N–H and O–H groups in total. The topological polar surface area (TPSA) is 99.2 Å². The van der Waals surface area contributed by atoms with Gasteiger partial charge in [0.15, 0.2) is 10.9 Å². The van der Waals surface area contributed by atoms with Gasteiger partial charge in [0.2, 0.25) is 5.95 Å². The van der Waals surface area contributed by atoms with Crippen LogP contribution in [-0.2, 0) is 0 Å². The zero-order chi connectivity index (χ0) is 25.1. The van der Waals surface area contributed by atoms with Crippen LogP contribution in [0.4, 0.5) is 21.3 Å². The van der Waals surface area contributed by atoms with E-state index in [1.54, 1.807) is 28.4 Å². The van der Waals surface area contributed by atoms with Crippen molar-refractivity contribution < 1.29 is 9.18 Å². The molecule has 0 spiro atoms. The van der Waals surface area contributed by atoms with Crippen LogP contribution in [-0.4, -0.2) is 70.0 Å². The molecule has 3 aromatic heterocycles. The minimum Gasteiger partial charge on any atom is -0.349 e. The largest absolute Gasteiger partial charge is 0.349 e. The highest BCUT2D eigenvalue weighted by atomic mass is 32.1. The lowest BCUT2D eigenvalue weighted by molar-refractivity contribution is 0.0735. The van der Waals surface area contributed by atoms with Crippen LogP contribution in [0.2, 0.25) is 0 Å². The first kappa shape index (κ1) is 24.0. The number of hydrogen-bond donors (Lipinski definition) is 2. The van der Waals surface area contributed by atoms with Crippen molar-refractivity contribution >= 4 is 44.4 Å². The molecule has 4 aromatic rings. The van der Waals surface area contributed by atoms with Gasteiger partial charge in [-0.3, -0.25) is 4.79 Å². The summed E-state index contributed by atoms with van der Waals surface area (Å²) in [6, 6.07) is 9.05. The van der Waals surface area contributed by atoms with E-state index in [-0.39, 0.29) is 17.5 Å². The van der Waals surface area contributed by atoms with E-state index < -0.39 is 5.82 Å². The van der Waals surface area contributed by atoms with Gasteiger partial charge in [-0.05, 0) is 38.1 Å². The van der Waals surface area contributed by atoms with Gasteiger partial charge < -0.3 is 20.4 Å². The number of amides is 1. The highest BCUT2D eigenvalue weighted by molar-refractivity contribution is 7.22. The van der Waals surface area contributed by atoms with Crippen molar-refractivity contribution in [3.63, 3.8) is 0 Å². The molecule has 9 nitrogen and oxygen atoms in total. The Kier molecular flexibility index (Phi) is 7.01. The summed E-state index contributed by atoms with van der Waals surface area (Å²) >= 11 is 1.62. The maximum Gasteiger partial charge on any atom is 0.255 e. The predicted octanol–water partition coefficient (Wildman–Crippen LogP) is 3.92. The lowest BCUT2D eigenvalue weighted by atomic mass is 10.1. The van der Waals surface area contributed by atoms with Crippen LogP contribution in [0, 0.1) is 5.82 Å². The number of carbonyl (C=O) groups excluding carboxylic acids is 1. The zero-order valence-electron chi connectivity index (χ0n) is 20.2. The summed E-state index contributed by atoms with van der Waals surface area (Å²) in [6.45, 7) is 8.86. The summed E-state index contributed by atoms with van der Waals surface area (Å²) in [6.07, 6.45) is 2.67. The molecule has 1 fully saturated rings. The van der Waals surface area contributed by atoms with Crippen molar-refractivity contribution in [3.05, 3.63) is 54.1 Å². The first-order chi connectivity index (χ1) is 17.6. The quantitative estimate of drug-likeness (QED) is 0.389. The van der Waals surface area contributed by atoms with Crippen LogP contribution in [0.25, 0.3) is 21.5 Å². The molecule has 1 amide bonds. The van der Waals surface area contributed by atoms with Gasteiger partial charge in [-0.2, -0.15) is 0 Å². The van der Waals surface area contributed by atoms with Gasteiger partial charge in [0.25, 0.3) is 5.91 Å². The van der Waals surface area contributed by atoms with Gasteiger partial charge >= 0.3 is 0 Å². The molecule has 0 radical (unpaired) electrons. The minimum absolute atomic E-state index is 0.0440. The maximum absolute atomic E-state index is 14.7. The molecular formula is C25H27FN8OS. The summed E-state index contributed by atoms with van der Waals surface area (Å²) in [5.74, 6) is 0.104. The highest BCUT2D eigenvalue weighted by Gasteiger charge is 2.18. The van der Waals surface area contributed by atoms with Crippen molar-refractivity contribution in [2.24, 2.45) is 0 Å². The number of hydrogen-bond acceptors (Lipinski definition) is 9. The Hall–Kier alpha value is -3.70. The van der Waals surface area contributed by atoms with E-state index in [9.17, 15) is 9.18 Å². The fourth-order valence-electron chi connectivity index (χ4n) is 4.08. The molecule has 0 bridgehead atoms. The van der Waals surface area contributed by atoms with Crippen LogP contribution in [0.1, 0.15) is 24.2 Å². The molecule has 1 aliphatic heterocycles. The lowest BCUT2D eigenvalue weighted by Gasteiger charge is -2.27. The fraction of sp³-hybridized carbons (Fsp3) is 0.320. The number of anilines is 3. The van der Waals surface area contributed by atoms with Gasteiger partial charge in [0.05, 0.1) is 22.0 Å². The van der Waals surface area contributed by atoms with Gasteiger partial charge in [0, 0.05) is 51.0 Å². The van der Waals surface area contributed by atoms with Crippen LogP contribution in [0.15, 0.2) is 42.7 Å². The highest BCUT2D eigenvalue weighted by Crippen LogP contribution is 2.32. The Labute approximate surface area is 212 Å². The molecule has 5 rings (SSSR count). The third-order valence-electron chi connectivity index (χ3n) is 6.08. The predicted molar refractivity (Wildman–Crippen MR) is 140 cm³/mol. The Balaban J connectivity index is 1.35. The number of piperazine rings is 1. The summed E-state index contributed by atoms with van der Waals surface area (Å²) < 4.78 is 15.7. The minimum atomic E-state index is -0.524. The SMILES string of the molecule is CCN(CC)c1nc2cc(-c3nc(Nc4ccc(C(=O)N5CCNCC5)cn4)ncc3F)ccc2s1. The number of nitrogens with one attached hydrogen (secondary N) is 2. The van der Waals surface area contributed by atoms with E-state index in [2.05, 4.69) is 44.3 Å². The summed E-state index contributed by atoms with van der Waals surface area (Å²) in [5.41, 5.74) is 2.12. The Morgan fingerprint density at radius 2 is 1.92 bits per heavy atom. The maximum atomic E-state index is 14.7. The number of rotatable bonds is 7. The summed E-state index contributed by atoms with van der Waals surface area (Å²) in [5, 5.41) is 7.18. The average molecular weight is 507 g/mol. The van der Waals surface area contributed by atoms with E-state index in [1.807, 2.05) is 18.2 Å². The van der Waals surface area contributed by atoms with Crippen LogP contribution in [0.5, 0.6) is 0 Å². The number of carbonyl (C=O) groups is 1. The molecule has 186 valence electrons.